The van der Waals surface area contributed by atoms with Gasteiger partial charge in [0.15, 0.2) is 0 Å². The molecular formula is C15H15N3O2. The van der Waals surface area contributed by atoms with Gasteiger partial charge in [-0.1, -0.05) is 37.5 Å². The van der Waals surface area contributed by atoms with E-state index in [1.807, 2.05) is 0 Å². The molecule has 5 heteroatoms. The highest BCUT2D eigenvalue weighted by Gasteiger charge is 2.24. The predicted molar refractivity (Wildman–Crippen MR) is 78.3 cm³/mol. The SMILES string of the molecule is C=C/C=c1/cncc(N2CCC(=O)NC2=O)/c1=C/C=C. The van der Waals surface area contributed by atoms with Crippen LogP contribution in [0.4, 0.5) is 10.5 Å². The second-order valence-corrected chi connectivity index (χ2v) is 4.22. The van der Waals surface area contributed by atoms with Crippen molar-refractivity contribution >= 4 is 29.8 Å². The first-order chi connectivity index (χ1) is 9.67. The number of hydrogen-bond acceptors (Lipinski definition) is 3. The number of imide groups is 1. The summed E-state index contributed by atoms with van der Waals surface area (Å²) in [6.45, 7) is 7.68. The third-order valence-corrected chi connectivity index (χ3v) is 2.92. The topological polar surface area (TPSA) is 62.3 Å². The number of allylic oxidation sites excluding steroid dienone is 2. The lowest BCUT2D eigenvalue weighted by Gasteiger charge is -2.26. The maximum Gasteiger partial charge on any atom is 0.328 e. The molecule has 0 spiro atoms. The molecule has 102 valence electrons. The van der Waals surface area contributed by atoms with Crippen molar-refractivity contribution in [3.05, 3.63) is 48.1 Å². The minimum absolute atomic E-state index is 0.262. The van der Waals surface area contributed by atoms with Gasteiger partial charge in [0.1, 0.15) is 0 Å². The van der Waals surface area contributed by atoms with Crippen molar-refractivity contribution in [2.24, 2.45) is 0 Å². The molecule has 1 aliphatic rings. The van der Waals surface area contributed by atoms with Gasteiger partial charge in [0.25, 0.3) is 0 Å². The van der Waals surface area contributed by atoms with Crippen LogP contribution in [0.1, 0.15) is 6.42 Å². The summed E-state index contributed by atoms with van der Waals surface area (Å²) in [5, 5.41) is 3.95. The first kappa shape index (κ1) is 13.7. The molecule has 5 nitrogen and oxygen atoms in total. The van der Waals surface area contributed by atoms with E-state index in [0.717, 1.165) is 10.4 Å². The van der Waals surface area contributed by atoms with Gasteiger partial charge in [0.05, 0.1) is 11.9 Å². The smallest absolute Gasteiger partial charge is 0.291 e. The molecule has 0 radical (unpaired) electrons. The predicted octanol–water partition coefficient (Wildman–Crippen LogP) is 0.461. The van der Waals surface area contributed by atoms with E-state index in [-0.39, 0.29) is 12.3 Å². The Morgan fingerprint density at radius 1 is 1.20 bits per heavy atom. The summed E-state index contributed by atoms with van der Waals surface area (Å²) in [5.41, 5.74) is 0.644. The molecule has 0 bridgehead atoms. The van der Waals surface area contributed by atoms with Gasteiger partial charge in [-0.25, -0.2) is 4.79 Å². The number of amides is 3. The number of nitrogens with one attached hydrogen (secondary N) is 1. The lowest BCUT2D eigenvalue weighted by Crippen LogP contribution is -2.52. The van der Waals surface area contributed by atoms with E-state index in [2.05, 4.69) is 23.5 Å². The third kappa shape index (κ3) is 2.66. The Morgan fingerprint density at radius 2 is 1.95 bits per heavy atom. The fourth-order valence-electron chi connectivity index (χ4n) is 2.04. The summed E-state index contributed by atoms with van der Waals surface area (Å²) in [7, 11) is 0. The van der Waals surface area contributed by atoms with Crippen LogP contribution >= 0.6 is 0 Å². The van der Waals surface area contributed by atoms with Crippen molar-refractivity contribution in [3.8, 4) is 0 Å². The van der Waals surface area contributed by atoms with Crippen LogP contribution in [-0.4, -0.2) is 23.5 Å². The van der Waals surface area contributed by atoms with Crippen LogP contribution in [0.5, 0.6) is 0 Å². The normalized spacial score (nSPS) is 17.1. The largest absolute Gasteiger partial charge is 0.328 e. The number of rotatable bonds is 3. The van der Waals surface area contributed by atoms with E-state index < -0.39 is 6.03 Å². The Morgan fingerprint density at radius 3 is 2.60 bits per heavy atom. The van der Waals surface area contributed by atoms with Crippen LogP contribution in [0, 0.1) is 0 Å². The molecule has 2 rings (SSSR count). The monoisotopic (exact) mass is 269 g/mol. The summed E-state index contributed by atoms with van der Waals surface area (Å²) in [6, 6.07) is -0.433. The zero-order chi connectivity index (χ0) is 14.5. The number of nitrogens with zero attached hydrogens (tertiary/aromatic N) is 2. The van der Waals surface area contributed by atoms with E-state index in [1.165, 1.54) is 4.90 Å². The Balaban J connectivity index is 2.60. The molecular weight excluding hydrogens is 254 g/mol. The molecule has 1 aromatic heterocycles. The van der Waals surface area contributed by atoms with E-state index in [9.17, 15) is 9.59 Å². The maximum atomic E-state index is 11.9. The number of carbonyl (C=O) groups is 2. The Labute approximate surface area is 116 Å². The quantitative estimate of drug-likeness (QED) is 0.867. The molecule has 1 saturated heterocycles. The minimum atomic E-state index is -0.433. The first-order valence-electron chi connectivity index (χ1n) is 6.18. The van der Waals surface area contributed by atoms with Crippen molar-refractivity contribution in [1.29, 1.82) is 0 Å². The lowest BCUT2D eigenvalue weighted by molar-refractivity contribution is -0.120. The van der Waals surface area contributed by atoms with Crippen LogP contribution in [0.2, 0.25) is 0 Å². The Bertz CT molecular complexity index is 692. The number of aromatic nitrogens is 1. The van der Waals surface area contributed by atoms with Crippen LogP contribution in [-0.2, 0) is 4.79 Å². The van der Waals surface area contributed by atoms with Gasteiger partial charge in [-0.05, 0) is 0 Å². The van der Waals surface area contributed by atoms with Gasteiger partial charge >= 0.3 is 6.03 Å². The van der Waals surface area contributed by atoms with E-state index in [4.69, 9.17) is 0 Å². The molecule has 2 heterocycles. The maximum absolute atomic E-state index is 11.9. The van der Waals surface area contributed by atoms with Gasteiger partial charge < -0.3 is 0 Å². The fourth-order valence-corrected chi connectivity index (χ4v) is 2.04. The summed E-state index contributed by atoms with van der Waals surface area (Å²) in [4.78, 5) is 28.8. The number of anilines is 1. The molecule has 0 saturated carbocycles. The van der Waals surface area contributed by atoms with Gasteiger partial charge in [0.2, 0.25) is 5.91 Å². The van der Waals surface area contributed by atoms with Crippen LogP contribution in [0.15, 0.2) is 37.7 Å². The third-order valence-electron chi connectivity index (χ3n) is 2.92. The molecule has 1 aliphatic heterocycles. The lowest BCUT2D eigenvalue weighted by atomic mass is 10.2. The Kier molecular flexibility index (Phi) is 4.10. The zero-order valence-corrected chi connectivity index (χ0v) is 11.0. The average molecular weight is 269 g/mol. The van der Waals surface area contributed by atoms with Crippen LogP contribution in [0.3, 0.4) is 0 Å². The molecule has 1 N–H and O–H groups in total. The second-order valence-electron chi connectivity index (χ2n) is 4.22. The van der Waals surface area contributed by atoms with Gasteiger partial charge in [0, 0.05) is 29.6 Å². The van der Waals surface area contributed by atoms with Gasteiger partial charge in [-0.15, -0.1) is 0 Å². The molecule has 0 aromatic carbocycles. The summed E-state index contributed by atoms with van der Waals surface area (Å²) in [5.74, 6) is -0.262. The number of carbonyl (C=O) groups excluding carboxylic acids is 2. The van der Waals surface area contributed by atoms with Crippen LogP contribution < -0.4 is 20.7 Å². The minimum Gasteiger partial charge on any atom is -0.291 e. The molecule has 1 aromatic rings. The molecule has 3 amide bonds. The van der Waals surface area contributed by atoms with Crippen molar-refractivity contribution in [2.75, 3.05) is 11.4 Å². The van der Waals surface area contributed by atoms with Gasteiger partial charge in [-0.3, -0.25) is 20.0 Å². The Hall–Kier alpha value is -2.69. The highest BCUT2D eigenvalue weighted by molar-refractivity contribution is 6.05. The average Bonchev–Trinajstić information content (AvgIpc) is 2.42. The number of hydrogen-bond donors (Lipinski definition) is 1. The highest BCUT2D eigenvalue weighted by Crippen LogP contribution is 2.10. The highest BCUT2D eigenvalue weighted by atomic mass is 16.2. The molecule has 0 atom stereocenters. The van der Waals surface area contributed by atoms with Crippen molar-refractivity contribution < 1.29 is 9.59 Å². The molecule has 0 aliphatic carbocycles. The summed E-state index contributed by atoms with van der Waals surface area (Å²) >= 11 is 0. The van der Waals surface area contributed by atoms with Crippen molar-refractivity contribution in [1.82, 2.24) is 10.3 Å². The molecule has 1 fully saturated rings. The van der Waals surface area contributed by atoms with Crippen molar-refractivity contribution in [3.63, 3.8) is 0 Å². The summed E-state index contributed by atoms with van der Waals surface area (Å²) in [6.07, 6.45) is 10.5. The second kappa shape index (κ2) is 5.97. The standard InChI is InChI=1S/C15H15N3O2/c1-3-5-11-9-16-10-13(12(11)6-4-2)18-8-7-14(19)17-15(18)20/h3-6,9-10H,1-2,7-8H2,(H,17,19,20)/b11-5-,12-6+. The van der Waals surface area contributed by atoms with E-state index >= 15 is 0 Å². The number of pyridine rings is 1. The van der Waals surface area contributed by atoms with Gasteiger partial charge in [-0.2, -0.15) is 0 Å². The zero-order valence-electron chi connectivity index (χ0n) is 11.0. The number of urea groups is 1. The van der Waals surface area contributed by atoms with E-state index in [0.29, 0.717) is 12.2 Å². The van der Waals surface area contributed by atoms with E-state index in [1.54, 1.807) is 36.7 Å². The first-order valence-corrected chi connectivity index (χ1v) is 6.18. The van der Waals surface area contributed by atoms with Crippen LogP contribution in [0.25, 0.3) is 12.2 Å². The van der Waals surface area contributed by atoms with Crippen molar-refractivity contribution in [2.45, 2.75) is 6.42 Å². The fraction of sp³-hybridized carbons (Fsp3) is 0.133. The molecule has 0 unspecified atom stereocenters. The molecule has 20 heavy (non-hydrogen) atoms. The summed E-state index contributed by atoms with van der Waals surface area (Å²) < 4.78 is 0.